The van der Waals surface area contributed by atoms with Crippen LogP contribution in [-0.2, 0) is 0 Å². The summed E-state index contributed by atoms with van der Waals surface area (Å²) in [5, 5.41) is 10.3. The summed E-state index contributed by atoms with van der Waals surface area (Å²) in [6, 6.07) is 0. The van der Waals surface area contributed by atoms with Crippen molar-refractivity contribution in [1.82, 2.24) is 5.32 Å². The zero-order valence-electron chi connectivity index (χ0n) is 10.5. The molecule has 3 nitrogen and oxygen atoms in total. The maximum absolute atomic E-state index is 5.52. The second-order valence-corrected chi connectivity index (χ2v) is 3.77. The predicted octanol–water partition coefficient (Wildman–Crippen LogP) is -3.68. The van der Waals surface area contributed by atoms with Gasteiger partial charge in [-0.3, -0.25) is 0 Å². The molecule has 0 saturated carbocycles. The van der Waals surface area contributed by atoms with Crippen molar-refractivity contribution < 1.29 is 0 Å². The van der Waals surface area contributed by atoms with Crippen LogP contribution in [0.25, 0.3) is 0 Å². The lowest BCUT2D eigenvalue weighted by Crippen LogP contribution is -2.63. The Balaban J connectivity index is 0.000000351. The first-order valence-electron chi connectivity index (χ1n) is 5.52. The molecule has 0 aromatic rings. The fourth-order valence-electron chi connectivity index (χ4n) is 1.34. The van der Waals surface area contributed by atoms with E-state index >= 15 is 0 Å². The highest BCUT2D eigenvalue weighted by molar-refractivity contribution is 8.01. The standard InChI is InChI=1S/C4H7N3.B11/c1-5-4-2-3-6-7-4;1-7-10(6)11(8(2)3)9(4)5/h2,5H,3H2,1H3;. The topological polar surface area (TPSA) is 36.8 Å². The molecule has 71 valence electrons. The maximum atomic E-state index is 5.52. The van der Waals surface area contributed by atoms with Crippen LogP contribution in [0.5, 0.6) is 0 Å². The average Bonchev–Trinajstić information content (AvgIpc) is 2.81. The minimum atomic E-state index is -0.648. The molecule has 13 radical (unpaired) electrons. The van der Waals surface area contributed by atoms with Crippen molar-refractivity contribution in [2.75, 3.05) is 13.6 Å². The van der Waals surface area contributed by atoms with Crippen LogP contribution in [0.15, 0.2) is 22.1 Å². The van der Waals surface area contributed by atoms with Crippen LogP contribution in [0.4, 0.5) is 0 Å². The summed E-state index contributed by atoms with van der Waals surface area (Å²) in [4.78, 5) is 0. The van der Waals surface area contributed by atoms with Gasteiger partial charge in [0.05, 0.1) is 6.54 Å². The lowest BCUT2D eigenvalue weighted by atomic mass is 8.56. The minimum absolute atomic E-state index is 0.389. The van der Waals surface area contributed by atoms with Crippen LogP contribution < -0.4 is 5.32 Å². The lowest BCUT2D eigenvalue weighted by molar-refractivity contribution is 0.942. The Kier molecular flexibility index (Phi) is 9.66. The molecule has 0 bridgehead atoms. The van der Waals surface area contributed by atoms with Gasteiger partial charge in [0.15, 0.2) is 0 Å². The molecule has 18 heavy (non-hydrogen) atoms. The van der Waals surface area contributed by atoms with E-state index in [0.717, 1.165) is 12.4 Å². The van der Waals surface area contributed by atoms with Gasteiger partial charge in [-0.05, 0) is 6.08 Å². The highest BCUT2D eigenvalue weighted by atomic mass is 15.2. The second-order valence-electron chi connectivity index (χ2n) is 3.77. The van der Waals surface area contributed by atoms with Crippen molar-refractivity contribution in [1.29, 1.82) is 0 Å². The monoisotopic (exact) mass is 218 g/mol. The molecule has 0 unspecified atom stereocenters. The van der Waals surface area contributed by atoms with Gasteiger partial charge in [-0.2, -0.15) is 5.11 Å². The Morgan fingerprint density at radius 1 is 1.22 bits per heavy atom. The number of hydrogen-bond acceptors (Lipinski definition) is 3. The van der Waals surface area contributed by atoms with E-state index in [1.54, 1.807) is 0 Å². The van der Waals surface area contributed by atoms with Crippen molar-refractivity contribution >= 4 is 79.0 Å². The summed E-state index contributed by atoms with van der Waals surface area (Å²) in [5.74, 6) is 0.875. The van der Waals surface area contributed by atoms with E-state index in [4.69, 9.17) is 46.4 Å². The predicted molar refractivity (Wildman–Crippen MR) is 90.2 cm³/mol. The Morgan fingerprint density at radius 3 is 1.94 bits per heavy atom. The molecule has 0 aliphatic carbocycles. The van der Waals surface area contributed by atoms with Gasteiger partial charge in [0.2, 0.25) is 0 Å². The summed E-state index contributed by atoms with van der Waals surface area (Å²) < 4.78 is 0. The molecule has 1 N–H and O–H groups in total. The van der Waals surface area contributed by atoms with E-state index < -0.39 is 19.2 Å². The van der Waals surface area contributed by atoms with Crippen LogP contribution in [-0.4, -0.2) is 92.6 Å². The third kappa shape index (κ3) is 6.70. The Hall–Kier alpha value is -0.146. The van der Waals surface area contributed by atoms with Gasteiger partial charge in [0, 0.05) is 86.1 Å². The smallest absolute Gasteiger partial charge is 0.145 e. The number of rotatable bonds is 5. The Bertz CT molecular complexity index is 271. The van der Waals surface area contributed by atoms with E-state index in [2.05, 4.69) is 15.5 Å². The van der Waals surface area contributed by atoms with Gasteiger partial charge in [-0.25, -0.2) is 0 Å². The molecular weight excluding hydrogens is 209 g/mol. The maximum Gasteiger partial charge on any atom is 0.145 e. The number of azo groups is 1. The highest BCUT2D eigenvalue weighted by Crippen LogP contribution is 1.98. The first-order chi connectivity index (χ1) is 8.43. The van der Waals surface area contributed by atoms with E-state index in [1.165, 1.54) is 7.06 Å². The molecule has 0 aromatic carbocycles. The molecule has 0 aromatic heterocycles. The van der Waals surface area contributed by atoms with Gasteiger partial charge >= 0.3 is 0 Å². The molecule has 0 fully saturated rings. The molecule has 0 spiro atoms. The number of nitrogens with one attached hydrogen (secondary N) is 1. The van der Waals surface area contributed by atoms with Crippen LogP contribution in [0.3, 0.4) is 0 Å². The van der Waals surface area contributed by atoms with Gasteiger partial charge in [-0.15, -0.1) is 5.11 Å². The first kappa shape index (κ1) is 17.9. The fraction of sp³-hybridized carbons (Fsp3) is 0.500. The molecule has 1 aliphatic rings. The molecular formula is C4H7B11N3. The summed E-state index contributed by atoms with van der Waals surface area (Å²) in [5.41, 5.74) is 0. The van der Waals surface area contributed by atoms with E-state index in [0.29, 0.717) is 0 Å². The van der Waals surface area contributed by atoms with Crippen molar-refractivity contribution in [3.8, 4) is 0 Å². The molecule has 0 saturated heterocycles. The highest BCUT2D eigenvalue weighted by Gasteiger charge is 2.26. The normalized spacial score (nSPS) is 11.7. The Morgan fingerprint density at radius 2 is 1.78 bits per heavy atom. The van der Waals surface area contributed by atoms with E-state index in [9.17, 15) is 0 Å². The van der Waals surface area contributed by atoms with Crippen LogP contribution in [0.1, 0.15) is 0 Å². The third-order valence-electron chi connectivity index (χ3n) is 2.36. The summed E-state index contributed by atoms with van der Waals surface area (Å²) in [6.07, 6.45) is -0.218. The summed E-state index contributed by atoms with van der Waals surface area (Å²) in [7, 11) is 35.3. The second kappa shape index (κ2) is 9.74. The van der Waals surface area contributed by atoms with Crippen molar-refractivity contribution in [3.05, 3.63) is 11.9 Å². The van der Waals surface area contributed by atoms with E-state index in [1.807, 2.05) is 13.1 Å². The van der Waals surface area contributed by atoms with E-state index in [-0.39, 0.29) is 6.39 Å². The quantitative estimate of drug-likeness (QED) is 0.472. The van der Waals surface area contributed by atoms with Crippen LogP contribution in [0, 0.1) is 0 Å². The Labute approximate surface area is 120 Å². The molecule has 14 heteroatoms. The molecule has 1 heterocycles. The SMILES string of the molecule is CNC1=CCN=N1.[B][B]B([B])B(B([B])[B])B([B])[B]. The summed E-state index contributed by atoms with van der Waals surface area (Å²) in [6.45, 7) is 0.732. The van der Waals surface area contributed by atoms with Crippen LogP contribution >= 0.6 is 0 Å². The molecule has 0 amide bonds. The van der Waals surface area contributed by atoms with Gasteiger partial charge in [0.1, 0.15) is 5.82 Å². The van der Waals surface area contributed by atoms with Gasteiger partial charge in [-0.1, -0.05) is 0 Å². The zero-order chi connectivity index (χ0) is 14.1. The summed E-state index contributed by atoms with van der Waals surface area (Å²) >= 11 is 0. The van der Waals surface area contributed by atoms with Gasteiger partial charge < -0.3 is 5.32 Å². The molecule has 1 aliphatic heterocycles. The largest absolute Gasteiger partial charge is 0.372 e. The number of nitrogens with zero attached hydrogens (tertiary/aromatic N) is 2. The van der Waals surface area contributed by atoms with Crippen LogP contribution in [0.2, 0.25) is 0 Å². The zero-order valence-corrected chi connectivity index (χ0v) is 10.5. The van der Waals surface area contributed by atoms with Crippen molar-refractivity contribution in [2.24, 2.45) is 10.2 Å². The third-order valence-corrected chi connectivity index (χ3v) is 2.36. The van der Waals surface area contributed by atoms with Gasteiger partial charge in [0.25, 0.3) is 0 Å². The average molecular weight is 216 g/mol. The first-order valence-corrected chi connectivity index (χ1v) is 5.52. The van der Waals surface area contributed by atoms with Crippen molar-refractivity contribution in [3.63, 3.8) is 0 Å². The minimum Gasteiger partial charge on any atom is -0.372 e. The molecule has 0 atom stereocenters. The number of hydrogen-bond donors (Lipinski definition) is 1. The fourth-order valence-corrected chi connectivity index (χ4v) is 1.34. The molecule has 1 rings (SSSR count). The van der Waals surface area contributed by atoms with Crippen molar-refractivity contribution in [2.45, 2.75) is 0 Å². The lowest BCUT2D eigenvalue weighted by Gasteiger charge is -2.25.